The number of nitrogens with zero attached hydrogens (tertiary/aromatic N) is 2. The van der Waals surface area contributed by atoms with E-state index in [1.165, 1.54) is 10.9 Å². The molecule has 0 saturated heterocycles. The molecule has 156 valence electrons. The first-order valence-electron chi connectivity index (χ1n) is 10.3. The average Bonchev–Trinajstić information content (AvgIpc) is 3.38. The Morgan fingerprint density at radius 1 is 0.935 bits per heavy atom. The number of aromatic hydroxyl groups is 1. The predicted octanol–water partition coefficient (Wildman–Crippen LogP) is 4.72. The minimum atomic E-state index is 0.273. The number of hydrogen-bond donors (Lipinski definition) is 5. The van der Waals surface area contributed by atoms with Crippen molar-refractivity contribution in [3.05, 3.63) is 77.7 Å². The number of fused-ring (bicyclic) bond motifs is 2. The summed E-state index contributed by atoms with van der Waals surface area (Å²) in [5.74, 6) is 1.67. The monoisotopic (exact) mass is 412 g/mol. The van der Waals surface area contributed by atoms with Crippen molar-refractivity contribution < 1.29 is 5.11 Å². The third-order valence-corrected chi connectivity index (χ3v) is 5.37. The fourth-order valence-corrected chi connectivity index (χ4v) is 3.83. The summed E-state index contributed by atoms with van der Waals surface area (Å²) in [6.07, 6.45) is 4.73. The number of aromatic amines is 2. The maximum Gasteiger partial charge on any atom is 0.224 e. The van der Waals surface area contributed by atoms with Crippen LogP contribution in [0.15, 0.2) is 60.9 Å². The molecule has 3 aromatic heterocycles. The van der Waals surface area contributed by atoms with Gasteiger partial charge in [-0.3, -0.25) is 0 Å². The van der Waals surface area contributed by atoms with Crippen molar-refractivity contribution in [2.45, 2.75) is 19.9 Å². The van der Waals surface area contributed by atoms with Crippen LogP contribution in [0, 0.1) is 6.92 Å². The normalized spacial score (nSPS) is 11.3. The van der Waals surface area contributed by atoms with E-state index < -0.39 is 0 Å². The largest absolute Gasteiger partial charge is 0.508 e. The van der Waals surface area contributed by atoms with Gasteiger partial charge in [0.25, 0.3) is 0 Å². The highest BCUT2D eigenvalue weighted by Crippen LogP contribution is 2.23. The third kappa shape index (κ3) is 4.16. The Kier molecular flexibility index (Phi) is 4.92. The number of rotatable bonds is 7. The van der Waals surface area contributed by atoms with Gasteiger partial charge in [-0.25, -0.2) is 4.98 Å². The molecule has 5 N–H and O–H groups in total. The molecule has 0 aliphatic heterocycles. The molecule has 31 heavy (non-hydrogen) atoms. The van der Waals surface area contributed by atoms with Crippen molar-refractivity contribution in [2.24, 2.45) is 0 Å². The molecule has 0 aliphatic rings. The molecule has 0 bridgehead atoms. The molecule has 5 rings (SSSR count). The van der Waals surface area contributed by atoms with Crippen molar-refractivity contribution >= 4 is 33.6 Å². The number of anilines is 2. The number of nitrogens with one attached hydrogen (secondary N) is 4. The van der Waals surface area contributed by atoms with Gasteiger partial charge in [-0.05, 0) is 66.3 Å². The van der Waals surface area contributed by atoms with Crippen LogP contribution in [0.4, 0.5) is 11.8 Å². The van der Waals surface area contributed by atoms with Crippen LogP contribution in [0.5, 0.6) is 5.75 Å². The minimum absolute atomic E-state index is 0.273. The number of aromatic nitrogens is 4. The average molecular weight is 412 g/mol. The van der Waals surface area contributed by atoms with Gasteiger partial charge in [0.2, 0.25) is 5.95 Å². The van der Waals surface area contributed by atoms with Gasteiger partial charge in [0, 0.05) is 53.7 Å². The first-order chi connectivity index (χ1) is 15.1. The van der Waals surface area contributed by atoms with Gasteiger partial charge in [0.05, 0.1) is 0 Å². The van der Waals surface area contributed by atoms with Crippen LogP contribution in [0.1, 0.15) is 16.8 Å². The predicted molar refractivity (Wildman–Crippen MR) is 125 cm³/mol. The number of H-pyrrole nitrogens is 2. The van der Waals surface area contributed by atoms with Gasteiger partial charge in [-0.15, -0.1) is 0 Å². The van der Waals surface area contributed by atoms with Crippen LogP contribution in [0.3, 0.4) is 0 Å². The van der Waals surface area contributed by atoms with Gasteiger partial charge in [0.1, 0.15) is 11.6 Å². The fraction of sp³-hybridized carbons (Fsp3) is 0.167. The van der Waals surface area contributed by atoms with Gasteiger partial charge in [-0.1, -0.05) is 6.07 Å². The van der Waals surface area contributed by atoms with Gasteiger partial charge in [-0.2, -0.15) is 4.98 Å². The lowest BCUT2D eigenvalue weighted by atomic mass is 10.1. The molecule has 0 amide bonds. The Bertz CT molecular complexity index is 1350. The molecular formula is C24H24N6O. The van der Waals surface area contributed by atoms with Crippen molar-refractivity contribution in [3.63, 3.8) is 0 Å². The van der Waals surface area contributed by atoms with Crippen molar-refractivity contribution in [2.75, 3.05) is 17.2 Å². The Morgan fingerprint density at radius 3 is 2.77 bits per heavy atom. The second kappa shape index (κ2) is 8.02. The standard InChI is InChI=1S/C24H24N6O/c1-15-10-23(28-13-16-2-4-21-17(11-16)6-8-25-21)30-24(29-15)26-9-7-18-14-27-22-5-3-19(31)12-20(18)22/h2-6,8,10-12,14,25,27,31H,7,9,13H2,1H3,(H2,26,28,29,30). The van der Waals surface area contributed by atoms with E-state index in [0.717, 1.165) is 39.9 Å². The van der Waals surface area contributed by atoms with Crippen LogP contribution >= 0.6 is 0 Å². The Morgan fingerprint density at radius 2 is 1.84 bits per heavy atom. The number of phenolic OH excluding ortho intramolecular Hbond substituents is 1. The molecule has 7 nitrogen and oxygen atoms in total. The van der Waals surface area contributed by atoms with Gasteiger partial charge >= 0.3 is 0 Å². The third-order valence-electron chi connectivity index (χ3n) is 5.37. The summed E-state index contributed by atoms with van der Waals surface area (Å²) in [4.78, 5) is 15.6. The van der Waals surface area contributed by atoms with Crippen LogP contribution < -0.4 is 10.6 Å². The first-order valence-corrected chi connectivity index (χ1v) is 10.3. The SMILES string of the molecule is Cc1cc(NCc2ccc3[nH]ccc3c2)nc(NCCc2c[nH]c3ccc(O)cc23)n1. The second-order valence-corrected chi connectivity index (χ2v) is 7.69. The topological polar surface area (TPSA) is 102 Å². The van der Waals surface area contributed by atoms with E-state index in [1.807, 2.05) is 31.5 Å². The van der Waals surface area contributed by atoms with Gasteiger partial charge in [0.15, 0.2) is 0 Å². The summed E-state index contributed by atoms with van der Waals surface area (Å²) in [5, 5.41) is 18.7. The van der Waals surface area contributed by atoms with Crippen molar-refractivity contribution in [1.29, 1.82) is 0 Å². The van der Waals surface area contributed by atoms with Crippen LogP contribution in [-0.2, 0) is 13.0 Å². The molecule has 0 saturated carbocycles. The molecule has 0 unspecified atom stereocenters. The van der Waals surface area contributed by atoms with Crippen molar-refractivity contribution in [3.8, 4) is 5.75 Å². The molecule has 0 aliphatic carbocycles. The lowest BCUT2D eigenvalue weighted by Crippen LogP contribution is -2.10. The number of benzene rings is 2. The number of phenols is 1. The quantitative estimate of drug-likeness (QED) is 0.266. The summed E-state index contributed by atoms with van der Waals surface area (Å²) in [6.45, 7) is 3.35. The summed E-state index contributed by atoms with van der Waals surface area (Å²) in [6, 6.07) is 15.8. The molecule has 5 aromatic rings. The Hall–Kier alpha value is -4.00. The minimum Gasteiger partial charge on any atom is -0.508 e. The summed E-state index contributed by atoms with van der Waals surface area (Å²) >= 11 is 0. The van der Waals surface area contributed by atoms with E-state index in [4.69, 9.17) is 0 Å². The summed E-state index contributed by atoms with van der Waals surface area (Å²) in [7, 11) is 0. The number of hydrogen-bond acceptors (Lipinski definition) is 5. The Labute approximate surface area is 179 Å². The molecule has 0 atom stereocenters. The number of aryl methyl sites for hydroxylation is 1. The molecule has 2 aromatic carbocycles. The lowest BCUT2D eigenvalue weighted by Gasteiger charge is -2.10. The van der Waals surface area contributed by atoms with E-state index in [0.29, 0.717) is 19.0 Å². The Balaban J connectivity index is 1.23. The van der Waals surface area contributed by atoms with Crippen LogP contribution in [-0.4, -0.2) is 31.6 Å². The highest BCUT2D eigenvalue weighted by atomic mass is 16.3. The zero-order chi connectivity index (χ0) is 21.2. The fourth-order valence-electron chi connectivity index (χ4n) is 3.83. The van der Waals surface area contributed by atoms with E-state index in [2.05, 4.69) is 54.8 Å². The molecule has 0 spiro atoms. The molecule has 0 fully saturated rings. The second-order valence-electron chi connectivity index (χ2n) is 7.69. The summed E-state index contributed by atoms with van der Waals surface area (Å²) < 4.78 is 0. The maximum atomic E-state index is 9.75. The lowest BCUT2D eigenvalue weighted by molar-refractivity contribution is 0.476. The van der Waals surface area contributed by atoms with Crippen LogP contribution in [0.2, 0.25) is 0 Å². The highest BCUT2D eigenvalue weighted by molar-refractivity contribution is 5.84. The molecule has 0 radical (unpaired) electrons. The van der Waals surface area contributed by atoms with E-state index in [9.17, 15) is 5.11 Å². The van der Waals surface area contributed by atoms with E-state index in [1.54, 1.807) is 12.1 Å². The maximum absolute atomic E-state index is 9.75. The van der Waals surface area contributed by atoms with E-state index in [-0.39, 0.29) is 5.75 Å². The van der Waals surface area contributed by atoms with E-state index >= 15 is 0 Å². The van der Waals surface area contributed by atoms with Crippen molar-refractivity contribution in [1.82, 2.24) is 19.9 Å². The molecular weight excluding hydrogens is 388 g/mol. The highest BCUT2D eigenvalue weighted by Gasteiger charge is 2.07. The molecule has 3 heterocycles. The smallest absolute Gasteiger partial charge is 0.224 e. The zero-order valence-electron chi connectivity index (χ0n) is 17.2. The summed E-state index contributed by atoms with van der Waals surface area (Å²) in [5.41, 5.74) is 5.39. The first kappa shape index (κ1) is 19.0. The zero-order valence-corrected chi connectivity index (χ0v) is 17.2. The van der Waals surface area contributed by atoms with Crippen LogP contribution in [0.25, 0.3) is 21.8 Å². The van der Waals surface area contributed by atoms with Gasteiger partial charge < -0.3 is 25.7 Å². The molecule has 7 heteroatoms.